The van der Waals surface area contributed by atoms with Gasteiger partial charge in [0, 0.05) is 15.6 Å². The molecule has 2 aromatic rings. The topological polar surface area (TPSA) is 116 Å². The first kappa shape index (κ1) is 14.6. The number of nitrogens with one attached hydrogen (secondary N) is 1. The van der Waals surface area contributed by atoms with Crippen LogP contribution in [-0.2, 0) is 0 Å². The lowest BCUT2D eigenvalue weighted by atomic mass is 9.96. The van der Waals surface area contributed by atoms with Gasteiger partial charge in [0.15, 0.2) is 0 Å². The Kier molecular flexibility index (Phi) is 3.97. The van der Waals surface area contributed by atoms with Gasteiger partial charge in [0.25, 0.3) is 5.56 Å². The zero-order chi connectivity index (χ0) is 15.6. The number of nitrogen functional groups attached to an aromatic ring is 1. The van der Waals surface area contributed by atoms with Crippen molar-refractivity contribution in [3.05, 3.63) is 44.2 Å². The van der Waals surface area contributed by atoms with Crippen molar-refractivity contribution >= 4 is 21.7 Å². The number of hydrogen-bond donors (Lipinski definition) is 2. The molecular weight excluding hydrogens is 336 g/mol. The quantitative estimate of drug-likeness (QED) is 0.865. The molecular formula is C14H9BrN4O2. The number of halogens is 1. The average Bonchev–Trinajstić information content (AvgIpc) is 2.46. The summed E-state index contributed by atoms with van der Waals surface area (Å²) in [6, 6.07) is 8.81. The van der Waals surface area contributed by atoms with Crippen LogP contribution in [0.1, 0.15) is 11.1 Å². The molecule has 0 atom stereocenters. The van der Waals surface area contributed by atoms with Crippen molar-refractivity contribution in [1.82, 2.24) is 4.98 Å². The zero-order valence-electron chi connectivity index (χ0n) is 10.9. The molecule has 1 aromatic carbocycles. The first-order valence-corrected chi connectivity index (χ1v) is 6.52. The van der Waals surface area contributed by atoms with Gasteiger partial charge in [0.05, 0.1) is 7.11 Å². The predicted molar refractivity (Wildman–Crippen MR) is 80.6 cm³/mol. The van der Waals surface area contributed by atoms with Crippen LogP contribution in [0.25, 0.3) is 11.1 Å². The number of benzene rings is 1. The van der Waals surface area contributed by atoms with Gasteiger partial charge in [-0.3, -0.25) is 4.79 Å². The van der Waals surface area contributed by atoms with Crippen molar-refractivity contribution in [2.75, 3.05) is 12.8 Å². The first-order chi connectivity index (χ1) is 10.0. The monoisotopic (exact) mass is 344 g/mol. The molecule has 3 N–H and O–H groups in total. The number of rotatable bonds is 2. The summed E-state index contributed by atoms with van der Waals surface area (Å²) in [6.45, 7) is 0. The van der Waals surface area contributed by atoms with Crippen LogP contribution in [-0.4, -0.2) is 12.1 Å². The Morgan fingerprint density at radius 2 is 1.95 bits per heavy atom. The van der Waals surface area contributed by atoms with E-state index in [1.54, 1.807) is 18.2 Å². The summed E-state index contributed by atoms with van der Waals surface area (Å²) >= 11 is 3.31. The summed E-state index contributed by atoms with van der Waals surface area (Å²) in [6.07, 6.45) is 0. The van der Waals surface area contributed by atoms with Gasteiger partial charge < -0.3 is 15.5 Å². The second-order valence-corrected chi connectivity index (χ2v) is 4.98. The average molecular weight is 345 g/mol. The molecule has 0 amide bonds. The van der Waals surface area contributed by atoms with Crippen molar-refractivity contribution in [2.24, 2.45) is 0 Å². The third kappa shape index (κ3) is 2.47. The lowest BCUT2D eigenvalue weighted by Crippen LogP contribution is -2.16. The number of H-pyrrole nitrogens is 1. The van der Waals surface area contributed by atoms with Crippen LogP contribution >= 0.6 is 15.9 Å². The molecule has 0 aliphatic rings. The molecule has 0 fully saturated rings. The molecule has 1 aromatic heterocycles. The van der Waals surface area contributed by atoms with Gasteiger partial charge in [-0.2, -0.15) is 10.5 Å². The zero-order valence-corrected chi connectivity index (χ0v) is 12.5. The molecule has 21 heavy (non-hydrogen) atoms. The fourth-order valence-corrected chi connectivity index (χ4v) is 2.35. The Labute approximate surface area is 128 Å². The van der Waals surface area contributed by atoms with E-state index >= 15 is 0 Å². The van der Waals surface area contributed by atoms with Crippen molar-refractivity contribution in [3.8, 4) is 29.0 Å². The highest BCUT2D eigenvalue weighted by atomic mass is 79.9. The number of nitriles is 2. The second kappa shape index (κ2) is 5.70. The minimum atomic E-state index is -0.647. The van der Waals surface area contributed by atoms with E-state index in [9.17, 15) is 15.3 Å². The standard InChI is InChI=1S/C14H9BrN4O2/c1-21-11-3-2-7(15)4-8(11)12-9(5-16)13(18)19-14(20)10(12)6-17/h2-4H,1H3,(H3,18,19,20). The van der Waals surface area contributed by atoms with E-state index in [-0.39, 0.29) is 22.5 Å². The van der Waals surface area contributed by atoms with Gasteiger partial charge in [-0.05, 0) is 18.2 Å². The lowest BCUT2D eigenvalue weighted by Gasteiger charge is -2.12. The predicted octanol–water partition coefficient (Wildman–Crippen LogP) is 2.14. The molecule has 1 heterocycles. The van der Waals surface area contributed by atoms with E-state index in [1.165, 1.54) is 7.11 Å². The number of nitrogens with two attached hydrogens (primary N) is 1. The summed E-state index contributed by atoms with van der Waals surface area (Å²) in [5, 5.41) is 18.5. The molecule has 6 nitrogen and oxygen atoms in total. The number of pyridine rings is 1. The summed E-state index contributed by atoms with van der Waals surface area (Å²) < 4.78 is 5.95. The number of nitrogens with zero attached hydrogens (tertiary/aromatic N) is 2. The van der Waals surface area contributed by atoms with Crippen molar-refractivity contribution < 1.29 is 4.74 Å². The Morgan fingerprint density at radius 3 is 2.52 bits per heavy atom. The van der Waals surface area contributed by atoms with Gasteiger partial charge in [-0.15, -0.1) is 0 Å². The van der Waals surface area contributed by atoms with E-state index in [0.717, 1.165) is 0 Å². The summed E-state index contributed by atoms with van der Waals surface area (Å²) in [7, 11) is 1.46. The number of hydrogen-bond acceptors (Lipinski definition) is 5. The minimum Gasteiger partial charge on any atom is -0.496 e. The Balaban J connectivity index is 3.00. The highest BCUT2D eigenvalue weighted by Crippen LogP contribution is 2.36. The highest BCUT2D eigenvalue weighted by Gasteiger charge is 2.21. The minimum absolute atomic E-state index is 0.0301. The van der Waals surface area contributed by atoms with Gasteiger partial charge in [-0.25, -0.2) is 0 Å². The van der Waals surface area contributed by atoms with Gasteiger partial charge in [-0.1, -0.05) is 15.9 Å². The number of aromatic nitrogens is 1. The fraction of sp³-hybridized carbons (Fsp3) is 0.0714. The molecule has 0 spiro atoms. The molecule has 0 saturated heterocycles. The van der Waals surface area contributed by atoms with Crippen LogP contribution in [0.4, 0.5) is 5.82 Å². The molecule has 104 valence electrons. The molecule has 7 heteroatoms. The molecule has 0 bridgehead atoms. The molecule has 0 radical (unpaired) electrons. The van der Waals surface area contributed by atoms with Crippen LogP contribution in [0.5, 0.6) is 5.75 Å². The third-order valence-corrected chi connectivity index (χ3v) is 3.39. The van der Waals surface area contributed by atoms with Crippen LogP contribution < -0.4 is 16.0 Å². The lowest BCUT2D eigenvalue weighted by molar-refractivity contribution is 0.416. The van der Waals surface area contributed by atoms with E-state index in [1.807, 2.05) is 12.1 Å². The summed E-state index contributed by atoms with van der Waals surface area (Å²) in [5.41, 5.74) is 5.49. The van der Waals surface area contributed by atoms with Crippen LogP contribution in [0, 0.1) is 22.7 Å². The van der Waals surface area contributed by atoms with Gasteiger partial charge in [0.2, 0.25) is 0 Å². The maximum Gasteiger partial charge on any atom is 0.268 e. The van der Waals surface area contributed by atoms with E-state index in [0.29, 0.717) is 15.8 Å². The first-order valence-electron chi connectivity index (χ1n) is 5.73. The highest BCUT2D eigenvalue weighted by molar-refractivity contribution is 9.10. The van der Waals surface area contributed by atoms with Crippen LogP contribution in [0.2, 0.25) is 0 Å². The molecule has 2 rings (SSSR count). The third-order valence-electron chi connectivity index (χ3n) is 2.90. The number of ether oxygens (including phenoxy) is 1. The summed E-state index contributed by atoms with van der Waals surface area (Å²) in [5.74, 6) is 0.342. The van der Waals surface area contributed by atoms with E-state index in [2.05, 4.69) is 20.9 Å². The smallest absolute Gasteiger partial charge is 0.268 e. The number of anilines is 1. The maximum absolute atomic E-state index is 11.9. The van der Waals surface area contributed by atoms with Gasteiger partial charge >= 0.3 is 0 Å². The largest absolute Gasteiger partial charge is 0.496 e. The van der Waals surface area contributed by atoms with Crippen LogP contribution in [0.15, 0.2) is 27.5 Å². The Bertz CT molecular complexity index is 859. The Hall–Kier alpha value is -2.77. The van der Waals surface area contributed by atoms with Crippen molar-refractivity contribution in [1.29, 1.82) is 10.5 Å². The second-order valence-electron chi connectivity index (χ2n) is 4.06. The van der Waals surface area contributed by atoms with Gasteiger partial charge in [0.1, 0.15) is 34.8 Å². The normalized spacial score (nSPS) is 9.71. The van der Waals surface area contributed by atoms with Crippen LogP contribution in [0.3, 0.4) is 0 Å². The van der Waals surface area contributed by atoms with E-state index < -0.39 is 5.56 Å². The maximum atomic E-state index is 11.9. The Morgan fingerprint density at radius 1 is 1.29 bits per heavy atom. The van der Waals surface area contributed by atoms with Crippen molar-refractivity contribution in [3.63, 3.8) is 0 Å². The molecule has 0 unspecified atom stereocenters. The molecule has 0 aliphatic carbocycles. The fourth-order valence-electron chi connectivity index (χ4n) is 1.99. The summed E-state index contributed by atoms with van der Waals surface area (Å²) in [4.78, 5) is 14.2. The number of aromatic amines is 1. The number of methoxy groups -OCH3 is 1. The van der Waals surface area contributed by atoms with Crippen molar-refractivity contribution in [2.45, 2.75) is 0 Å². The molecule has 0 aliphatic heterocycles. The molecule has 0 saturated carbocycles. The SMILES string of the molecule is COc1ccc(Br)cc1-c1c(C#N)c(N)[nH]c(=O)c1C#N. The van der Waals surface area contributed by atoms with E-state index in [4.69, 9.17) is 10.5 Å².